The number of hydrogen-bond acceptors (Lipinski definition) is 2. The number of aryl methyl sites for hydroxylation is 2. The molecular weight excluding hydrogens is 277 g/mol. The minimum absolute atomic E-state index is 0.0000491. The SMILES string of the molecule is Cc1cc(F)cc(C)c1S(=O)(=O)NC1CCC(C)CC1. The van der Waals surface area contributed by atoms with Crippen molar-refractivity contribution in [2.24, 2.45) is 5.92 Å². The monoisotopic (exact) mass is 299 g/mol. The molecular formula is C15H22FNO2S. The van der Waals surface area contributed by atoms with Gasteiger partial charge in [0.2, 0.25) is 10.0 Å². The molecule has 1 aromatic carbocycles. The van der Waals surface area contributed by atoms with Gasteiger partial charge in [0, 0.05) is 6.04 Å². The van der Waals surface area contributed by atoms with E-state index in [9.17, 15) is 12.8 Å². The van der Waals surface area contributed by atoms with Crippen molar-refractivity contribution in [3.63, 3.8) is 0 Å². The second-order valence-corrected chi connectivity index (χ2v) is 7.60. The Balaban J connectivity index is 2.23. The molecule has 0 heterocycles. The van der Waals surface area contributed by atoms with Crippen molar-refractivity contribution >= 4 is 10.0 Å². The maximum Gasteiger partial charge on any atom is 0.241 e. The lowest BCUT2D eigenvalue weighted by atomic mass is 9.88. The van der Waals surface area contributed by atoms with Crippen LogP contribution in [0.25, 0.3) is 0 Å². The molecule has 0 bridgehead atoms. The Morgan fingerprint density at radius 2 is 1.60 bits per heavy atom. The maximum atomic E-state index is 13.3. The van der Waals surface area contributed by atoms with Gasteiger partial charge in [-0.2, -0.15) is 0 Å². The van der Waals surface area contributed by atoms with E-state index in [4.69, 9.17) is 0 Å². The van der Waals surface area contributed by atoms with Crippen molar-refractivity contribution in [3.8, 4) is 0 Å². The van der Waals surface area contributed by atoms with Gasteiger partial charge >= 0.3 is 0 Å². The van der Waals surface area contributed by atoms with Gasteiger partial charge in [-0.15, -0.1) is 0 Å². The summed E-state index contributed by atoms with van der Waals surface area (Å²) in [6.07, 6.45) is 3.85. The molecule has 2 rings (SSSR count). The molecule has 1 N–H and O–H groups in total. The van der Waals surface area contributed by atoms with Crippen LogP contribution in [-0.4, -0.2) is 14.5 Å². The predicted octanol–water partition coefficient (Wildman–Crippen LogP) is 3.30. The van der Waals surface area contributed by atoms with Gasteiger partial charge in [0.05, 0.1) is 4.90 Å². The molecule has 1 saturated carbocycles. The molecule has 0 amide bonds. The fraction of sp³-hybridized carbons (Fsp3) is 0.600. The van der Waals surface area contributed by atoms with Crippen molar-refractivity contribution in [1.82, 2.24) is 4.72 Å². The topological polar surface area (TPSA) is 46.2 Å². The van der Waals surface area contributed by atoms with Crippen LogP contribution in [0.15, 0.2) is 17.0 Å². The van der Waals surface area contributed by atoms with Crippen molar-refractivity contribution in [3.05, 3.63) is 29.1 Å². The molecule has 3 nitrogen and oxygen atoms in total. The van der Waals surface area contributed by atoms with E-state index < -0.39 is 15.8 Å². The van der Waals surface area contributed by atoms with Gasteiger partial charge in [-0.3, -0.25) is 0 Å². The smallest absolute Gasteiger partial charge is 0.208 e. The Bertz CT molecular complexity index is 567. The number of benzene rings is 1. The first kappa shape index (κ1) is 15.4. The summed E-state index contributed by atoms with van der Waals surface area (Å²) >= 11 is 0. The Morgan fingerprint density at radius 3 is 2.10 bits per heavy atom. The van der Waals surface area contributed by atoms with Crippen LogP contribution in [-0.2, 0) is 10.0 Å². The molecule has 20 heavy (non-hydrogen) atoms. The van der Waals surface area contributed by atoms with E-state index in [1.54, 1.807) is 13.8 Å². The molecule has 0 radical (unpaired) electrons. The van der Waals surface area contributed by atoms with Crippen molar-refractivity contribution < 1.29 is 12.8 Å². The fourth-order valence-corrected chi connectivity index (χ4v) is 4.74. The number of hydrogen-bond donors (Lipinski definition) is 1. The van der Waals surface area contributed by atoms with Crippen molar-refractivity contribution in [1.29, 1.82) is 0 Å². The summed E-state index contributed by atoms with van der Waals surface area (Å²) in [5.74, 6) is 0.274. The van der Waals surface area contributed by atoms with E-state index in [0.29, 0.717) is 17.0 Å². The molecule has 0 spiro atoms. The first-order chi connectivity index (χ1) is 9.29. The molecule has 1 fully saturated rings. The van der Waals surface area contributed by atoms with Crippen LogP contribution in [0.3, 0.4) is 0 Å². The largest absolute Gasteiger partial charge is 0.241 e. The van der Waals surface area contributed by atoms with Gasteiger partial charge in [-0.1, -0.05) is 6.92 Å². The average Bonchev–Trinajstić information content (AvgIpc) is 2.30. The van der Waals surface area contributed by atoms with E-state index in [-0.39, 0.29) is 10.9 Å². The molecule has 1 aromatic rings. The first-order valence-corrected chi connectivity index (χ1v) is 8.57. The summed E-state index contributed by atoms with van der Waals surface area (Å²) < 4.78 is 41.1. The van der Waals surface area contributed by atoms with Gasteiger partial charge in [-0.05, 0) is 68.7 Å². The summed E-state index contributed by atoms with van der Waals surface area (Å²) in [5, 5.41) is 0. The van der Waals surface area contributed by atoms with E-state index in [1.165, 1.54) is 12.1 Å². The Hall–Kier alpha value is -0.940. The van der Waals surface area contributed by atoms with Gasteiger partial charge in [0.1, 0.15) is 5.82 Å². The zero-order chi connectivity index (χ0) is 14.9. The Morgan fingerprint density at radius 1 is 1.10 bits per heavy atom. The highest BCUT2D eigenvalue weighted by Crippen LogP contribution is 2.26. The average molecular weight is 299 g/mol. The molecule has 0 unspecified atom stereocenters. The number of sulfonamides is 1. The minimum atomic E-state index is -3.57. The molecule has 0 aliphatic heterocycles. The van der Waals surface area contributed by atoms with Crippen LogP contribution < -0.4 is 4.72 Å². The normalized spacial score (nSPS) is 23.8. The molecule has 1 aliphatic carbocycles. The first-order valence-electron chi connectivity index (χ1n) is 7.08. The lowest BCUT2D eigenvalue weighted by molar-refractivity contribution is 0.332. The van der Waals surface area contributed by atoms with E-state index in [2.05, 4.69) is 11.6 Å². The van der Waals surface area contributed by atoms with Gasteiger partial charge in [0.15, 0.2) is 0 Å². The third-order valence-corrected chi connectivity index (χ3v) is 5.86. The second kappa shape index (κ2) is 5.82. The zero-order valence-corrected chi connectivity index (χ0v) is 13.1. The van der Waals surface area contributed by atoms with Crippen LogP contribution in [0, 0.1) is 25.6 Å². The highest BCUT2D eigenvalue weighted by atomic mass is 32.2. The third-order valence-electron chi connectivity index (χ3n) is 4.03. The molecule has 112 valence electrons. The Kier molecular flexibility index (Phi) is 4.49. The van der Waals surface area contributed by atoms with E-state index in [0.717, 1.165) is 25.7 Å². The van der Waals surface area contributed by atoms with Gasteiger partial charge < -0.3 is 0 Å². The highest BCUT2D eigenvalue weighted by Gasteiger charge is 2.26. The third kappa shape index (κ3) is 3.38. The number of halogens is 1. The molecule has 0 aromatic heterocycles. The second-order valence-electron chi connectivity index (χ2n) is 5.95. The van der Waals surface area contributed by atoms with Crippen LogP contribution in [0.1, 0.15) is 43.7 Å². The molecule has 5 heteroatoms. The highest BCUT2D eigenvalue weighted by molar-refractivity contribution is 7.89. The zero-order valence-electron chi connectivity index (χ0n) is 12.2. The van der Waals surface area contributed by atoms with Crippen LogP contribution in [0.5, 0.6) is 0 Å². The van der Waals surface area contributed by atoms with Gasteiger partial charge in [0.25, 0.3) is 0 Å². The summed E-state index contributed by atoms with van der Waals surface area (Å²) in [4.78, 5) is 0.220. The predicted molar refractivity (Wildman–Crippen MR) is 77.6 cm³/mol. The maximum absolute atomic E-state index is 13.3. The standard InChI is InChI=1S/C15H22FNO2S/c1-10-4-6-14(7-5-10)17-20(18,19)15-11(2)8-13(16)9-12(15)3/h8-10,14,17H,4-7H2,1-3H3. The molecule has 0 atom stereocenters. The Labute approximate surface area is 120 Å². The van der Waals surface area contributed by atoms with Crippen molar-refractivity contribution in [2.45, 2.75) is 57.4 Å². The number of nitrogens with one attached hydrogen (secondary N) is 1. The summed E-state index contributed by atoms with van der Waals surface area (Å²) in [6, 6.07) is 2.54. The van der Waals surface area contributed by atoms with Gasteiger partial charge in [-0.25, -0.2) is 17.5 Å². The quantitative estimate of drug-likeness (QED) is 0.931. The van der Waals surface area contributed by atoms with E-state index in [1.807, 2.05) is 0 Å². The number of rotatable bonds is 3. The van der Waals surface area contributed by atoms with Crippen LogP contribution in [0.4, 0.5) is 4.39 Å². The van der Waals surface area contributed by atoms with E-state index >= 15 is 0 Å². The minimum Gasteiger partial charge on any atom is -0.208 e. The lowest BCUT2D eigenvalue weighted by Crippen LogP contribution is -2.37. The summed E-state index contributed by atoms with van der Waals surface area (Å²) in [7, 11) is -3.57. The van der Waals surface area contributed by atoms with Crippen LogP contribution in [0.2, 0.25) is 0 Å². The summed E-state index contributed by atoms with van der Waals surface area (Å²) in [5.41, 5.74) is 0.915. The molecule has 1 aliphatic rings. The van der Waals surface area contributed by atoms with Crippen molar-refractivity contribution in [2.75, 3.05) is 0 Å². The molecule has 0 saturated heterocycles. The summed E-state index contributed by atoms with van der Waals surface area (Å²) in [6.45, 7) is 5.46. The lowest BCUT2D eigenvalue weighted by Gasteiger charge is -2.27. The fourth-order valence-electron chi connectivity index (χ4n) is 2.98. The van der Waals surface area contributed by atoms with Crippen LogP contribution >= 0.6 is 0 Å².